The monoisotopic (exact) mass is 548 g/mol. The van der Waals surface area contributed by atoms with Gasteiger partial charge in [0.1, 0.15) is 28.7 Å². The third-order valence-electron chi connectivity index (χ3n) is 6.09. The second-order valence-corrected chi connectivity index (χ2v) is 10.5. The Morgan fingerprint density at radius 1 is 1.38 bits per heavy atom. The largest absolute Gasteiger partial charge is 0.494 e. The van der Waals surface area contributed by atoms with Gasteiger partial charge in [-0.25, -0.2) is 23.3 Å². The number of aromatic nitrogens is 2. The van der Waals surface area contributed by atoms with Crippen LogP contribution in [0, 0.1) is 0 Å². The van der Waals surface area contributed by atoms with E-state index in [0.717, 1.165) is 21.0 Å². The van der Waals surface area contributed by atoms with Gasteiger partial charge in [0.15, 0.2) is 5.13 Å². The number of hydrogen-bond donors (Lipinski definition) is 3. The number of anilines is 3. The predicted octanol–water partition coefficient (Wildman–Crippen LogP) is 1.98. The molecule has 1 aromatic carbocycles. The van der Waals surface area contributed by atoms with Crippen LogP contribution in [0.5, 0.6) is 5.75 Å². The first kappa shape index (κ1) is 26.6. The number of pyridine rings is 1. The summed E-state index contributed by atoms with van der Waals surface area (Å²) in [5.74, 6) is -0.935. The van der Waals surface area contributed by atoms with E-state index < -0.39 is 35.2 Å². The smallest absolute Gasteiger partial charge is 0.326 e. The van der Waals surface area contributed by atoms with E-state index in [4.69, 9.17) is 10.5 Å². The van der Waals surface area contributed by atoms with Gasteiger partial charge in [-0.15, -0.1) is 0 Å². The average Bonchev–Trinajstić information content (AvgIpc) is 3.46. The fourth-order valence-corrected chi connectivity index (χ4v) is 6.09. The molecule has 4 N–H and O–H groups in total. The van der Waals surface area contributed by atoms with Gasteiger partial charge in [0.2, 0.25) is 5.91 Å². The molecule has 3 heterocycles. The van der Waals surface area contributed by atoms with Crippen LogP contribution in [0.2, 0.25) is 0 Å². The first-order chi connectivity index (χ1) is 17.6. The lowest BCUT2D eigenvalue weighted by Crippen LogP contribution is -2.48. The van der Waals surface area contributed by atoms with E-state index in [0.29, 0.717) is 39.3 Å². The molecule has 2 aromatic heterocycles. The summed E-state index contributed by atoms with van der Waals surface area (Å²) in [4.78, 5) is 37.2. The molecule has 1 fully saturated rings. The van der Waals surface area contributed by atoms with Gasteiger partial charge in [0.05, 0.1) is 12.8 Å². The highest BCUT2D eigenvalue weighted by Crippen LogP contribution is 2.35. The summed E-state index contributed by atoms with van der Waals surface area (Å²) in [7, 11) is 3.58. The number of likely N-dealkylation sites (tertiary alicyclic amines) is 1. The Hall–Kier alpha value is -3.49. The zero-order valence-electron chi connectivity index (χ0n) is 20.5. The van der Waals surface area contributed by atoms with E-state index >= 15 is 0 Å². The fraction of sp³-hybridized carbons (Fsp3) is 0.391. The van der Waals surface area contributed by atoms with Crippen molar-refractivity contribution in [3.8, 4) is 5.75 Å². The third-order valence-corrected chi connectivity index (χ3v) is 8.16. The predicted molar refractivity (Wildman–Crippen MR) is 142 cm³/mol. The molecule has 0 bridgehead atoms. The molecule has 0 aliphatic carbocycles. The molecular weight excluding hydrogens is 520 g/mol. The molecule has 1 unspecified atom stereocenters. The van der Waals surface area contributed by atoms with Crippen LogP contribution in [0.4, 0.5) is 16.0 Å². The number of fused-ring (bicyclic) bond motifs is 1. The molecule has 3 atom stereocenters. The van der Waals surface area contributed by atoms with Crippen LogP contribution in [0.3, 0.4) is 0 Å². The summed E-state index contributed by atoms with van der Waals surface area (Å²) < 4.78 is 29.1. The van der Waals surface area contributed by atoms with Crippen molar-refractivity contribution in [2.45, 2.75) is 31.8 Å². The number of carboxylic acid groups (broad SMARTS) is 1. The molecule has 1 aliphatic rings. The van der Waals surface area contributed by atoms with Crippen LogP contribution >= 0.6 is 11.3 Å². The van der Waals surface area contributed by atoms with Gasteiger partial charge >= 0.3 is 5.97 Å². The lowest BCUT2D eigenvalue weighted by atomic mass is 10.00. The second kappa shape index (κ2) is 10.9. The standard InChI is InChI=1S/C23H28N6O6S2/c1-4-35-18-11-15-13(5-7-25-20(15)24)9-14(18)10-17(22(31)32)28-8-6-16(21(28)30)29(37(33)34)19-12-26-23(36-19)27(2)3/h5,7,9,11-12,16-17H,4,6,8,10H2,1-3H3,(H2,24,25)(H,31,32)(H,33,34)/t16-,17+/m0/s1. The summed E-state index contributed by atoms with van der Waals surface area (Å²) in [6.07, 6.45) is 3.16. The number of carboxylic acids is 1. The molecule has 1 aliphatic heterocycles. The number of benzene rings is 1. The number of ether oxygens (including phenoxy) is 1. The number of carbonyl (C=O) groups is 2. The van der Waals surface area contributed by atoms with Gasteiger partial charge in [-0.2, -0.15) is 0 Å². The van der Waals surface area contributed by atoms with Crippen LogP contribution in [0.15, 0.2) is 30.6 Å². The van der Waals surface area contributed by atoms with E-state index in [1.807, 2.05) is 6.92 Å². The fourth-order valence-electron chi connectivity index (χ4n) is 4.38. The van der Waals surface area contributed by atoms with E-state index in [1.165, 1.54) is 11.1 Å². The number of amides is 1. The summed E-state index contributed by atoms with van der Waals surface area (Å²) in [5, 5.41) is 12.5. The van der Waals surface area contributed by atoms with Crippen molar-refractivity contribution in [3.63, 3.8) is 0 Å². The summed E-state index contributed by atoms with van der Waals surface area (Å²) in [6, 6.07) is 3.08. The van der Waals surface area contributed by atoms with Crippen LogP contribution < -0.4 is 19.7 Å². The maximum absolute atomic E-state index is 13.5. The molecule has 198 valence electrons. The zero-order chi connectivity index (χ0) is 26.9. The van der Waals surface area contributed by atoms with Crippen LogP contribution in [0.1, 0.15) is 18.9 Å². The number of nitrogen functional groups attached to an aromatic ring is 1. The number of aliphatic carboxylic acids is 1. The number of hydrogen-bond acceptors (Lipinski definition) is 9. The lowest BCUT2D eigenvalue weighted by molar-refractivity contribution is -0.148. The van der Waals surface area contributed by atoms with Crippen molar-refractivity contribution in [2.75, 3.05) is 42.2 Å². The summed E-state index contributed by atoms with van der Waals surface area (Å²) >= 11 is -1.35. The van der Waals surface area contributed by atoms with E-state index in [1.54, 1.807) is 43.4 Å². The van der Waals surface area contributed by atoms with Gasteiger partial charge in [-0.3, -0.25) is 9.35 Å². The highest BCUT2D eigenvalue weighted by Gasteiger charge is 2.44. The van der Waals surface area contributed by atoms with E-state index in [-0.39, 0.29) is 19.4 Å². The second-order valence-electron chi connectivity index (χ2n) is 8.64. The average molecular weight is 549 g/mol. The van der Waals surface area contributed by atoms with Gasteiger partial charge in [-0.05, 0) is 42.5 Å². The molecule has 14 heteroatoms. The van der Waals surface area contributed by atoms with Crippen molar-refractivity contribution in [3.05, 3.63) is 36.2 Å². The Morgan fingerprint density at radius 3 is 2.76 bits per heavy atom. The molecule has 37 heavy (non-hydrogen) atoms. The Labute approximate surface area is 220 Å². The molecule has 1 saturated heterocycles. The SMILES string of the molecule is CCOc1cc2c(N)nccc2cc1C[C@H](C(=O)O)N1CC[C@H](N(c2cnc(N(C)C)s2)S(=O)O)C1=O. The minimum Gasteiger partial charge on any atom is -0.494 e. The maximum Gasteiger partial charge on any atom is 0.326 e. The van der Waals surface area contributed by atoms with Crippen molar-refractivity contribution in [1.29, 1.82) is 0 Å². The molecule has 12 nitrogen and oxygen atoms in total. The topological polar surface area (TPSA) is 162 Å². The Bertz CT molecular complexity index is 1350. The molecule has 0 spiro atoms. The number of thiazole rings is 1. The van der Waals surface area contributed by atoms with Crippen LogP contribution in [-0.4, -0.2) is 79.9 Å². The number of carbonyl (C=O) groups excluding carboxylic acids is 1. The van der Waals surface area contributed by atoms with Crippen LogP contribution in [0.25, 0.3) is 10.8 Å². The number of rotatable bonds is 10. The van der Waals surface area contributed by atoms with Crippen molar-refractivity contribution < 1.29 is 28.2 Å². The maximum atomic E-state index is 13.5. The van der Waals surface area contributed by atoms with Crippen molar-refractivity contribution >= 4 is 61.2 Å². The summed E-state index contributed by atoms with van der Waals surface area (Å²) in [6.45, 7) is 2.28. The summed E-state index contributed by atoms with van der Waals surface area (Å²) in [5.41, 5.74) is 6.60. The molecule has 4 rings (SSSR count). The van der Waals surface area contributed by atoms with Gasteiger partial charge < -0.3 is 25.4 Å². The van der Waals surface area contributed by atoms with Gasteiger partial charge in [-0.1, -0.05) is 11.3 Å². The highest BCUT2D eigenvalue weighted by atomic mass is 32.2. The van der Waals surface area contributed by atoms with E-state index in [9.17, 15) is 23.5 Å². The molecule has 0 saturated carbocycles. The minimum atomic E-state index is -2.51. The minimum absolute atomic E-state index is 0.0190. The lowest BCUT2D eigenvalue weighted by Gasteiger charge is -2.28. The normalized spacial score (nSPS) is 17.1. The first-order valence-electron chi connectivity index (χ1n) is 11.5. The Morgan fingerprint density at radius 2 is 2.14 bits per heavy atom. The molecule has 1 amide bonds. The number of nitrogens with two attached hydrogens (primary N) is 1. The molecule has 0 radical (unpaired) electrons. The molecular formula is C23H28N6O6S2. The van der Waals surface area contributed by atoms with E-state index in [2.05, 4.69) is 9.97 Å². The van der Waals surface area contributed by atoms with Crippen molar-refractivity contribution in [1.82, 2.24) is 14.9 Å². The Kier molecular flexibility index (Phi) is 7.80. The number of nitrogens with zero attached hydrogens (tertiary/aromatic N) is 5. The third kappa shape index (κ3) is 5.31. The van der Waals surface area contributed by atoms with Crippen LogP contribution in [-0.2, 0) is 27.3 Å². The Balaban J connectivity index is 1.64. The highest BCUT2D eigenvalue weighted by molar-refractivity contribution is 7.81. The quantitative estimate of drug-likeness (QED) is 0.319. The van der Waals surface area contributed by atoms with Crippen molar-refractivity contribution in [2.24, 2.45) is 0 Å². The first-order valence-corrected chi connectivity index (χ1v) is 13.4. The van der Waals surface area contributed by atoms with Gasteiger partial charge in [0.25, 0.3) is 11.3 Å². The molecule has 3 aromatic rings. The zero-order valence-corrected chi connectivity index (χ0v) is 22.2. The van der Waals surface area contributed by atoms with Gasteiger partial charge in [0, 0.05) is 38.6 Å².